The maximum absolute atomic E-state index is 11.9. The van der Waals surface area contributed by atoms with Gasteiger partial charge in [0.25, 0.3) is 5.91 Å². The number of carbonyl (C=O) groups is 1. The molecule has 0 saturated carbocycles. The Kier molecular flexibility index (Phi) is 3.31. The van der Waals surface area contributed by atoms with Gasteiger partial charge in [-0.05, 0) is 24.6 Å². The standard InChI is InChI=1S/C11H13ClN2O2/c12-7-1-2-10(13)9(5-7)11(15)14-8-3-4-16-6-8/h1-2,5,8H,3-4,6,13H2,(H,14,15). The van der Waals surface area contributed by atoms with E-state index in [0.29, 0.717) is 29.5 Å². The SMILES string of the molecule is Nc1ccc(Cl)cc1C(=O)NC1CCOC1. The molecule has 0 spiro atoms. The predicted octanol–water partition coefficient (Wildman–Crippen LogP) is 1.44. The van der Waals surface area contributed by atoms with Crippen LogP contribution in [0.15, 0.2) is 18.2 Å². The quantitative estimate of drug-likeness (QED) is 0.769. The summed E-state index contributed by atoms with van der Waals surface area (Å²) in [5.41, 5.74) is 6.56. The zero-order chi connectivity index (χ0) is 11.5. The number of halogens is 1. The van der Waals surface area contributed by atoms with Crippen LogP contribution in [0.1, 0.15) is 16.8 Å². The average Bonchev–Trinajstić information content (AvgIpc) is 2.74. The number of anilines is 1. The van der Waals surface area contributed by atoms with Gasteiger partial charge in [0, 0.05) is 17.3 Å². The number of ether oxygens (including phenoxy) is 1. The molecule has 1 amide bonds. The molecular weight excluding hydrogens is 228 g/mol. The van der Waals surface area contributed by atoms with Gasteiger partial charge in [-0.3, -0.25) is 4.79 Å². The molecule has 0 aliphatic carbocycles. The Bertz CT molecular complexity index is 403. The predicted molar refractivity (Wildman–Crippen MR) is 62.6 cm³/mol. The van der Waals surface area contributed by atoms with E-state index in [-0.39, 0.29) is 11.9 Å². The Morgan fingerprint density at radius 3 is 3.06 bits per heavy atom. The minimum atomic E-state index is -0.199. The van der Waals surface area contributed by atoms with Crippen LogP contribution in [-0.4, -0.2) is 25.2 Å². The summed E-state index contributed by atoms with van der Waals surface area (Å²) in [6.07, 6.45) is 0.839. The minimum absolute atomic E-state index is 0.0749. The molecule has 1 unspecified atom stereocenters. The molecule has 1 fully saturated rings. The second-order valence-electron chi connectivity index (χ2n) is 3.77. The van der Waals surface area contributed by atoms with Crippen molar-refractivity contribution in [1.29, 1.82) is 0 Å². The third kappa shape index (κ3) is 2.46. The number of hydrogen-bond donors (Lipinski definition) is 2. The summed E-state index contributed by atoms with van der Waals surface area (Å²) < 4.78 is 5.18. The van der Waals surface area contributed by atoms with Crippen LogP contribution in [0.2, 0.25) is 5.02 Å². The molecule has 1 aliphatic rings. The molecule has 1 atom stereocenters. The first-order valence-corrected chi connectivity index (χ1v) is 5.48. The minimum Gasteiger partial charge on any atom is -0.398 e. The van der Waals surface area contributed by atoms with Gasteiger partial charge < -0.3 is 15.8 Å². The van der Waals surface area contributed by atoms with E-state index in [0.717, 1.165) is 6.42 Å². The summed E-state index contributed by atoms with van der Waals surface area (Å²) in [7, 11) is 0. The van der Waals surface area contributed by atoms with E-state index < -0.39 is 0 Å². The van der Waals surface area contributed by atoms with E-state index in [1.54, 1.807) is 18.2 Å². The maximum Gasteiger partial charge on any atom is 0.253 e. The van der Waals surface area contributed by atoms with Crippen molar-refractivity contribution in [2.75, 3.05) is 18.9 Å². The maximum atomic E-state index is 11.9. The molecule has 0 radical (unpaired) electrons. The number of benzene rings is 1. The molecule has 1 saturated heterocycles. The van der Waals surface area contributed by atoms with Gasteiger partial charge in [-0.2, -0.15) is 0 Å². The number of rotatable bonds is 2. The highest BCUT2D eigenvalue weighted by atomic mass is 35.5. The van der Waals surface area contributed by atoms with E-state index in [9.17, 15) is 4.79 Å². The summed E-state index contributed by atoms with van der Waals surface area (Å²) in [6, 6.07) is 4.93. The van der Waals surface area contributed by atoms with Crippen LogP contribution in [0, 0.1) is 0 Å². The highest BCUT2D eigenvalue weighted by Crippen LogP contribution is 2.18. The molecule has 2 rings (SSSR count). The fraction of sp³-hybridized carbons (Fsp3) is 0.364. The van der Waals surface area contributed by atoms with Crippen molar-refractivity contribution in [3.05, 3.63) is 28.8 Å². The van der Waals surface area contributed by atoms with Gasteiger partial charge in [0.2, 0.25) is 0 Å². The molecule has 1 heterocycles. The highest BCUT2D eigenvalue weighted by molar-refractivity contribution is 6.31. The molecule has 0 bridgehead atoms. The molecule has 1 aromatic rings. The Labute approximate surface area is 98.7 Å². The first-order valence-electron chi connectivity index (χ1n) is 5.10. The molecule has 5 heteroatoms. The van der Waals surface area contributed by atoms with Crippen LogP contribution in [0.3, 0.4) is 0 Å². The number of amides is 1. The van der Waals surface area contributed by atoms with Gasteiger partial charge >= 0.3 is 0 Å². The van der Waals surface area contributed by atoms with Crippen LogP contribution < -0.4 is 11.1 Å². The summed E-state index contributed by atoms with van der Waals surface area (Å²) in [5, 5.41) is 3.36. The van der Waals surface area contributed by atoms with E-state index in [2.05, 4.69) is 5.32 Å². The zero-order valence-corrected chi connectivity index (χ0v) is 9.46. The largest absolute Gasteiger partial charge is 0.398 e. The zero-order valence-electron chi connectivity index (χ0n) is 8.70. The fourth-order valence-corrected chi connectivity index (χ4v) is 1.81. The lowest BCUT2D eigenvalue weighted by molar-refractivity contribution is 0.0931. The van der Waals surface area contributed by atoms with Gasteiger partial charge in [0.1, 0.15) is 0 Å². The van der Waals surface area contributed by atoms with Crippen LogP contribution in [-0.2, 0) is 4.74 Å². The highest BCUT2D eigenvalue weighted by Gasteiger charge is 2.19. The van der Waals surface area contributed by atoms with Crippen LogP contribution >= 0.6 is 11.6 Å². The van der Waals surface area contributed by atoms with Crippen molar-refractivity contribution in [3.8, 4) is 0 Å². The number of hydrogen-bond acceptors (Lipinski definition) is 3. The van der Waals surface area contributed by atoms with Gasteiger partial charge in [-0.1, -0.05) is 11.6 Å². The van der Waals surface area contributed by atoms with Crippen molar-refractivity contribution >= 4 is 23.2 Å². The molecule has 4 nitrogen and oxygen atoms in total. The molecule has 16 heavy (non-hydrogen) atoms. The van der Waals surface area contributed by atoms with Crippen LogP contribution in [0.5, 0.6) is 0 Å². The van der Waals surface area contributed by atoms with Gasteiger partial charge in [-0.25, -0.2) is 0 Å². The second-order valence-corrected chi connectivity index (χ2v) is 4.20. The van der Waals surface area contributed by atoms with Crippen molar-refractivity contribution < 1.29 is 9.53 Å². The van der Waals surface area contributed by atoms with E-state index in [4.69, 9.17) is 22.1 Å². The van der Waals surface area contributed by atoms with Crippen molar-refractivity contribution in [1.82, 2.24) is 5.32 Å². The fourth-order valence-electron chi connectivity index (χ4n) is 1.64. The van der Waals surface area contributed by atoms with Crippen molar-refractivity contribution in [2.45, 2.75) is 12.5 Å². The Balaban J connectivity index is 2.10. The summed E-state index contributed by atoms with van der Waals surface area (Å²) in [5.74, 6) is -0.199. The molecule has 1 aliphatic heterocycles. The van der Waals surface area contributed by atoms with Crippen molar-refractivity contribution in [2.24, 2.45) is 0 Å². The molecule has 3 N–H and O–H groups in total. The average molecular weight is 241 g/mol. The lowest BCUT2D eigenvalue weighted by atomic mass is 10.1. The van der Waals surface area contributed by atoms with E-state index >= 15 is 0 Å². The monoisotopic (exact) mass is 240 g/mol. The normalized spacial score (nSPS) is 19.7. The van der Waals surface area contributed by atoms with E-state index in [1.807, 2.05) is 0 Å². The lowest BCUT2D eigenvalue weighted by Gasteiger charge is -2.12. The van der Waals surface area contributed by atoms with E-state index in [1.165, 1.54) is 0 Å². The third-order valence-corrected chi connectivity index (χ3v) is 2.76. The number of nitrogen functional groups attached to an aromatic ring is 1. The Morgan fingerprint density at radius 1 is 1.56 bits per heavy atom. The lowest BCUT2D eigenvalue weighted by Crippen LogP contribution is -2.35. The first-order chi connectivity index (χ1) is 7.66. The van der Waals surface area contributed by atoms with Crippen LogP contribution in [0.4, 0.5) is 5.69 Å². The molecule has 1 aromatic carbocycles. The third-order valence-electron chi connectivity index (χ3n) is 2.52. The molecular formula is C11H13ClN2O2. The summed E-state index contributed by atoms with van der Waals surface area (Å²) in [4.78, 5) is 11.9. The first kappa shape index (κ1) is 11.2. The summed E-state index contributed by atoms with van der Waals surface area (Å²) >= 11 is 5.82. The van der Waals surface area contributed by atoms with Gasteiger partial charge in [0.15, 0.2) is 0 Å². The molecule has 0 aromatic heterocycles. The second kappa shape index (κ2) is 4.72. The van der Waals surface area contributed by atoms with Crippen molar-refractivity contribution in [3.63, 3.8) is 0 Å². The Hall–Kier alpha value is -1.26. The van der Waals surface area contributed by atoms with Gasteiger partial charge in [-0.15, -0.1) is 0 Å². The number of nitrogens with two attached hydrogens (primary N) is 1. The Morgan fingerprint density at radius 2 is 2.38 bits per heavy atom. The number of nitrogens with one attached hydrogen (secondary N) is 1. The van der Waals surface area contributed by atoms with Crippen LogP contribution in [0.25, 0.3) is 0 Å². The topological polar surface area (TPSA) is 64.4 Å². The smallest absolute Gasteiger partial charge is 0.253 e. The molecule has 86 valence electrons. The number of carbonyl (C=O) groups excluding carboxylic acids is 1. The van der Waals surface area contributed by atoms with Gasteiger partial charge in [0.05, 0.1) is 18.2 Å². The summed E-state index contributed by atoms with van der Waals surface area (Å²) in [6.45, 7) is 1.25.